The molecule has 0 saturated carbocycles. The fraction of sp³-hybridized carbons (Fsp3) is 0.941. The molecule has 0 bridgehead atoms. The van der Waals surface area contributed by atoms with Gasteiger partial charge in [-0.05, 0) is 12.8 Å². The van der Waals surface area contributed by atoms with Crippen molar-refractivity contribution in [3.05, 3.63) is 0 Å². The van der Waals surface area contributed by atoms with Crippen LogP contribution in [0, 0.1) is 0 Å². The third-order valence-electron chi connectivity index (χ3n) is 3.72. The second kappa shape index (κ2) is 12.2. The number of hydrogen-bond acceptors (Lipinski definition) is 1. The van der Waals surface area contributed by atoms with Crippen LogP contribution in [0.15, 0.2) is 0 Å². The van der Waals surface area contributed by atoms with Crippen LogP contribution in [0.2, 0.25) is 0 Å². The van der Waals surface area contributed by atoms with Gasteiger partial charge in [0.25, 0.3) is 5.91 Å². The summed E-state index contributed by atoms with van der Waals surface area (Å²) in [5.74, 6) is 0.200. The molecular formula is C17H37N2O+. The van der Waals surface area contributed by atoms with Gasteiger partial charge in [0, 0.05) is 6.42 Å². The second-order valence-corrected chi connectivity index (χ2v) is 6.52. The van der Waals surface area contributed by atoms with Crippen molar-refractivity contribution in [3.8, 4) is 0 Å². The van der Waals surface area contributed by atoms with E-state index in [1.54, 1.807) is 0 Å². The molecule has 0 aromatic heterocycles. The molecule has 0 unspecified atom stereocenters. The van der Waals surface area contributed by atoms with Crippen LogP contribution in [-0.4, -0.2) is 31.1 Å². The van der Waals surface area contributed by atoms with Crippen molar-refractivity contribution in [2.75, 3.05) is 20.6 Å². The Kier molecular flexibility index (Phi) is 11.8. The molecule has 0 rings (SSSR count). The van der Waals surface area contributed by atoms with E-state index in [4.69, 9.17) is 0 Å². The molecule has 0 aromatic carbocycles. The van der Waals surface area contributed by atoms with Crippen LogP contribution in [0.25, 0.3) is 0 Å². The van der Waals surface area contributed by atoms with Crippen molar-refractivity contribution in [2.45, 2.75) is 84.5 Å². The summed E-state index contributed by atoms with van der Waals surface area (Å²) < 4.78 is 0.604. The largest absolute Gasteiger partial charge is 0.270 e. The van der Waals surface area contributed by atoms with Crippen molar-refractivity contribution >= 4 is 5.91 Å². The number of rotatable bonds is 13. The number of unbranched alkanes of at least 4 members (excludes halogenated alkanes) is 8. The molecular weight excluding hydrogens is 248 g/mol. The molecule has 0 aliphatic carbocycles. The molecule has 3 nitrogen and oxygen atoms in total. The van der Waals surface area contributed by atoms with Crippen LogP contribution in [0.1, 0.15) is 84.5 Å². The van der Waals surface area contributed by atoms with E-state index < -0.39 is 0 Å². The Morgan fingerprint density at radius 1 is 0.800 bits per heavy atom. The fourth-order valence-electron chi connectivity index (χ4n) is 2.60. The van der Waals surface area contributed by atoms with Gasteiger partial charge in [-0.3, -0.25) is 4.79 Å². The highest BCUT2D eigenvalue weighted by Gasteiger charge is 2.16. The average Bonchev–Trinajstić information content (AvgIpc) is 2.36. The van der Waals surface area contributed by atoms with Gasteiger partial charge in [0.15, 0.2) is 0 Å². The smallest absolute Gasteiger partial charge is 0.264 e. The Labute approximate surface area is 126 Å². The Morgan fingerprint density at radius 3 is 1.80 bits per heavy atom. The molecule has 0 radical (unpaired) electrons. The Morgan fingerprint density at radius 2 is 1.30 bits per heavy atom. The molecule has 3 heteroatoms. The zero-order valence-corrected chi connectivity index (χ0v) is 14.3. The summed E-state index contributed by atoms with van der Waals surface area (Å²) in [6.45, 7) is 5.39. The predicted octanol–water partition coefficient (Wildman–Crippen LogP) is 4.42. The molecule has 1 N–H and O–H groups in total. The van der Waals surface area contributed by atoms with Gasteiger partial charge < -0.3 is 0 Å². The minimum Gasteiger partial charge on any atom is -0.270 e. The predicted molar refractivity (Wildman–Crippen MR) is 87.3 cm³/mol. The molecule has 0 atom stereocenters. The zero-order valence-electron chi connectivity index (χ0n) is 14.3. The van der Waals surface area contributed by atoms with Crippen LogP contribution >= 0.6 is 0 Å². The quantitative estimate of drug-likeness (QED) is 0.303. The van der Waals surface area contributed by atoms with E-state index in [-0.39, 0.29) is 5.91 Å². The van der Waals surface area contributed by atoms with Crippen LogP contribution < -0.4 is 5.43 Å². The number of hydrogen-bond donors (Lipinski definition) is 1. The summed E-state index contributed by atoms with van der Waals surface area (Å²) in [4.78, 5) is 11.8. The first-order valence-electron chi connectivity index (χ1n) is 8.66. The van der Waals surface area contributed by atoms with E-state index in [0.29, 0.717) is 11.0 Å². The third-order valence-corrected chi connectivity index (χ3v) is 3.72. The lowest BCUT2D eigenvalue weighted by Crippen LogP contribution is -2.54. The number of amides is 1. The topological polar surface area (TPSA) is 29.1 Å². The van der Waals surface area contributed by atoms with Gasteiger partial charge in [0.1, 0.15) is 6.54 Å². The van der Waals surface area contributed by atoms with Gasteiger partial charge in [-0.15, -0.1) is 0 Å². The summed E-state index contributed by atoms with van der Waals surface area (Å²) in [6.07, 6.45) is 13.5. The van der Waals surface area contributed by atoms with E-state index in [1.807, 2.05) is 0 Å². The van der Waals surface area contributed by atoms with E-state index in [9.17, 15) is 4.79 Å². The van der Waals surface area contributed by atoms with Gasteiger partial charge in [-0.1, -0.05) is 65.2 Å². The summed E-state index contributed by atoms with van der Waals surface area (Å²) in [5, 5.41) is 0. The SMILES string of the molecule is CCCCCCCCCCCC(=O)N[N+](C)(C)CCC. The Bertz CT molecular complexity index is 239. The zero-order chi connectivity index (χ0) is 15.3. The van der Waals surface area contributed by atoms with Gasteiger partial charge in [0.2, 0.25) is 0 Å². The van der Waals surface area contributed by atoms with Gasteiger partial charge in [-0.25, -0.2) is 10.0 Å². The average molecular weight is 285 g/mol. The van der Waals surface area contributed by atoms with Gasteiger partial charge in [0.05, 0.1) is 14.1 Å². The Hall–Kier alpha value is -0.570. The number of carbonyl (C=O) groups is 1. The highest BCUT2D eigenvalue weighted by atomic mass is 16.2. The molecule has 0 aliphatic rings. The van der Waals surface area contributed by atoms with E-state index >= 15 is 0 Å². The van der Waals surface area contributed by atoms with Crippen LogP contribution in [0.3, 0.4) is 0 Å². The maximum absolute atomic E-state index is 11.8. The summed E-state index contributed by atoms with van der Waals surface area (Å²) >= 11 is 0. The third kappa shape index (κ3) is 12.5. The molecule has 20 heavy (non-hydrogen) atoms. The maximum atomic E-state index is 11.8. The lowest BCUT2D eigenvalue weighted by molar-refractivity contribution is -0.925. The van der Waals surface area contributed by atoms with E-state index in [0.717, 1.165) is 19.4 Å². The van der Waals surface area contributed by atoms with E-state index in [1.165, 1.54) is 51.4 Å². The normalized spacial score (nSPS) is 11.6. The van der Waals surface area contributed by atoms with Crippen molar-refractivity contribution in [3.63, 3.8) is 0 Å². The monoisotopic (exact) mass is 285 g/mol. The standard InChI is InChI=1S/C17H36N2O/c1-5-7-8-9-10-11-12-13-14-15-17(20)18-19(3,4)16-6-2/h5-16H2,1-4H3/p+1. The lowest BCUT2D eigenvalue weighted by Gasteiger charge is -2.28. The summed E-state index contributed by atoms with van der Waals surface area (Å²) in [7, 11) is 4.11. The first-order valence-corrected chi connectivity index (χ1v) is 8.66. The van der Waals surface area contributed by atoms with Crippen LogP contribution in [0.4, 0.5) is 0 Å². The minimum absolute atomic E-state index is 0.200. The molecule has 0 fully saturated rings. The summed E-state index contributed by atoms with van der Waals surface area (Å²) in [5.41, 5.74) is 3.08. The van der Waals surface area contributed by atoms with Gasteiger partial charge >= 0.3 is 0 Å². The maximum Gasteiger partial charge on any atom is 0.264 e. The molecule has 0 saturated heterocycles. The number of nitrogens with zero attached hydrogens (tertiary/aromatic N) is 1. The first-order chi connectivity index (χ1) is 9.52. The molecule has 1 amide bonds. The number of quaternary nitrogens is 1. The van der Waals surface area contributed by atoms with Crippen molar-refractivity contribution in [2.24, 2.45) is 0 Å². The molecule has 0 spiro atoms. The minimum atomic E-state index is 0.200. The number of nitrogens with one attached hydrogen (secondary N) is 1. The molecule has 0 heterocycles. The number of carbonyl (C=O) groups excluding carboxylic acids is 1. The van der Waals surface area contributed by atoms with Crippen LogP contribution in [-0.2, 0) is 4.79 Å². The molecule has 0 aromatic rings. The molecule has 120 valence electrons. The molecule has 0 aliphatic heterocycles. The van der Waals surface area contributed by atoms with Crippen LogP contribution in [0.5, 0.6) is 0 Å². The van der Waals surface area contributed by atoms with Crippen molar-refractivity contribution in [1.29, 1.82) is 0 Å². The summed E-state index contributed by atoms with van der Waals surface area (Å²) in [6, 6.07) is 0. The highest BCUT2D eigenvalue weighted by Crippen LogP contribution is 2.10. The van der Waals surface area contributed by atoms with Crippen molar-refractivity contribution in [1.82, 2.24) is 5.43 Å². The highest BCUT2D eigenvalue weighted by molar-refractivity contribution is 5.74. The Balaban J connectivity index is 3.40. The lowest BCUT2D eigenvalue weighted by atomic mass is 10.1. The second-order valence-electron chi connectivity index (χ2n) is 6.52. The van der Waals surface area contributed by atoms with Crippen molar-refractivity contribution < 1.29 is 9.39 Å². The first kappa shape index (κ1) is 19.4. The fourth-order valence-corrected chi connectivity index (χ4v) is 2.60. The van der Waals surface area contributed by atoms with E-state index in [2.05, 4.69) is 33.4 Å². The van der Waals surface area contributed by atoms with Gasteiger partial charge in [-0.2, -0.15) is 0 Å².